The van der Waals surface area contributed by atoms with E-state index < -0.39 is 24.9 Å². The Morgan fingerprint density at radius 2 is 2.09 bits per heavy atom. The van der Waals surface area contributed by atoms with Crippen LogP contribution < -0.4 is 10.6 Å². The quantitative estimate of drug-likeness (QED) is 0.321. The minimum absolute atomic E-state index is 0.0394. The van der Waals surface area contributed by atoms with Gasteiger partial charge < -0.3 is 15.4 Å². The predicted molar refractivity (Wildman–Crippen MR) is 35.5 cm³/mol. The van der Waals surface area contributed by atoms with Gasteiger partial charge in [-0.15, -0.1) is 0 Å². The van der Waals surface area contributed by atoms with Crippen molar-refractivity contribution in [3.05, 3.63) is 0 Å². The first kappa shape index (κ1) is 8.03. The second kappa shape index (κ2) is 2.89. The zero-order valence-corrected chi connectivity index (χ0v) is 5.57. The van der Waals surface area contributed by atoms with Crippen LogP contribution in [0.5, 0.6) is 0 Å². The summed E-state index contributed by atoms with van der Waals surface area (Å²) >= 11 is 0. The number of rotatable bonds is 1. The molecule has 0 unspecified atom stereocenters. The van der Waals surface area contributed by atoms with Gasteiger partial charge in [0.2, 0.25) is 5.91 Å². The van der Waals surface area contributed by atoms with E-state index in [0.29, 0.717) is 0 Å². The van der Waals surface area contributed by atoms with E-state index in [1.807, 2.05) is 5.32 Å². The smallest absolute Gasteiger partial charge is 0.427 e. The summed E-state index contributed by atoms with van der Waals surface area (Å²) in [5, 5.41) is 21.3. The molecule has 0 spiro atoms. The molecule has 0 aromatic carbocycles. The lowest BCUT2D eigenvalue weighted by molar-refractivity contribution is -0.120. The SMILES string of the molecule is O=C1NC[C@@H](B(O)O)C(=O)N1. The van der Waals surface area contributed by atoms with Gasteiger partial charge in [-0.2, -0.15) is 0 Å². The molecule has 60 valence electrons. The average molecular weight is 158 g/mol. The summed E-state index contributed by atoms with van der Waals surface area (Å²) in [4.78, 5) is 21.2. The molecule has 0 aliphatic carbocycles. The molecule has 1 rings (SSSR count). The zero-order valence-electron chi connectivity index (χ0n) is 5.57. The van der Waals surface area contributed by atoms with Crippen molar-refractivity contribution in [2.45, 2.75) is 5.82 Å². The van der Waals surface area contributed by atoms with E-state index in [0.717, 1.165) is 0 Å². The lowest BCUT2D eigenvalue weighted by Crippen LogP contribution is -2.53. The monoisotopic (exact) mass is 158 g/mol. The van der Waals surface area contributed by atoms with E-state index >= 15 is 0 Å². The summed E-state index contributed by atoms with van der Waals surface area (Å²) in [6, 6.07) is -0.605. The van der Waals surface area contributed by atoms with Gasteiger partial charge in [-0.1, -0.05) is 0 Å². The number of urea groups is 1. The van der Waals surface area contributed by atoms with Crippen LogP contribution in [0.2, 0.25) is 5.82 Å². The Kier molecular flexibility index (Phi) is 2.11. The van der Waals surface area contributed by atoms with E-state index in [1.165, 1.54) is 0 Å². The van der Waals surface area contributed by atoms with Crippen molar-refractivity contribution in [3.8, 4) is 0 Å². The summed E-state index contributed by atoms with van der Waals surface area (Å²) in [5.41, 5.74) is 0. The van der Waals surface area contributed by atoms with Crippen LogP contribution in [0.25, 0.3) is 0 Å². The number of nitrogens with one attached hydrogen (secondary N) is 2. The van der Waals surface area contributed by atoms with Crippen LogP contribution in [0.4, 0.5) is 4.79 Å². The van der Waals surface area contributed by atoms with Crippen molar-refractivity contribution in [2.75, 3.05) is 6.54 Å². The molecule has 0 saturated carbocycles. The second-order valence-electron chi connectivity index (χ2n) is 2.22. The first-order valence-corrected chi connectivity index (χ1v) is 3.06. The van der Waals surface area contributed by atoms with Crippen LogP contribution in [-0.4, -0.2) is 35.6 Å². The molecule has 1 heterocycles. The lowest BCUT2D eigenvalue weighted by Gasteiger charge is -2.20. The van der Waals surface area contributed by atoms with Crippen LogP contribution in [0.15, 0.2) is 0 Å². The molecule has 0 radical (unpaired) electrons. The molecule has 0 aromatic heterocycles. The van der Waals surface area contributed by atoms with Crippen molar-refractivity contribution < 1.29 is 19.6 Å². The minimum atomic E-state index is -1.73. The highest BCUT2D eigenvalue weighted by atomic mass is 16.4. The fourth-order valence-corrected chi connectivity index (χ4v) is 0.785. The fraction of sp³-hybridized carbons (Fsp3) is 0.500. The van der Waals surface area contributed by atoms with Crippen molar-refractivity contribution >= 4 is 19.1 Å². The Morgan fingerprint density at radius 1 is 1.45 bits per heavy atom. The summed E-state index contributed by atoms with van der Waals surface area (Å²) in [6.45, 7) is -0.0394. The van der Waals surface area contributed by atoms with Gasteiger partial charge in [-0.05, 0) is 0 Å². The normalized spacial score (nSPS) is 24.0. The Hall–Kier alpha value is -1.08. The molecule has 1 fully saturated rings. The van der Waals surface area contributed by atoms with Gasteiger partial charge in [0, 0.05) is 6.54 Å². The number of amides is 3. The third kappa shape index (κ3) is 1.69. The van der Waals surface area contributed by atoms with Crippen molar-refractivity contribution in [1.29, 1.82) is 0 Å². The largest absolute Gasteiger partial charge is 0.466 e. The van der Waals surface area contributed by atoms with E-state index in [4.69, 9.17) is 10.0 Å². The van der Waals surface area contributed by atoms with Crippen LogP contribution in [0, 0.1) is 0 Å². The van der Waals surface area contributed by atoms with Crippen LogP contribution in [0.3, 0.4) is 0 Å². The molecule has 0 aromatic rings. The molecule has 1 atom stereocenters. The van der Waals surface area contributed by atoms with Gasteiger partial charge >= 0.3 is 13.1 Å². The van der Waals surface area contributed by atoms with E-state index in [9.17, 15) is 9.59 Å². The molecule has 1 saturated heterocycles. The molecule has 6 nitrogen and oxygen atoms in total. The highest BCUT2D eigenvalue weighted by molar-refractivity contribution is 6.50. The van der Waals surface area contributed by atoms with Gasteiger partial charge in [0.15, 0.2) is 0 Å². The van der Waals surface area contributed by atoms with Crippen LogP contribution >= 0.6 is 0 Å². The molecule has 7 heteroatoms. The average Bonchev–Trinajstić information content (AvgIpc) is 1.85. The Bertz CT molecular complexity index is 195. The fourth-order valence-electron chi connectivity index (χ4n) is 0.785. The first-order chi connectivity index (χ1) is 5.11. The number of hydrogen-bond donors (Lipinski definition) is 4. The van der Waals surface area contributed by atoms with Crippen molar-refractivity contribution in [2.24, 2.45) is 0 Å². The molecule has 0 bridgehead atoms. The third-order valence-corrected chi connectivity index (χ3v) is 1.42. The number of carbonyl (C=O) groups is 2. The first-order valence-electron chi connectivity index (χ1n) is 3.06. The van der Waals surface area contributed by atoms with Gasteiger partial charge in [0.05, 0.1) is 5.82 Å². The Balaban J connectivity index is 2.57. The van der Waals surface area contributed by atoms with Crippen LogP contribution in [-0.2, 0) is 4.79 Å². The molecule has 4 N–H and O–H groups in total. The number of imide groups is 1. The number of carbonyl (C=O) groups excluding carboxylic acids is 2. The van der Waals surface area contributed by atoms with E-state index in [1.54, 1.807) is 0 Å². The molecular formula is C4H7BN2O4. The van der Waals surface area contributed by atoms with E-state index in [-0.39, 0.29) is 6.54 Å². The van der Waals surface area contributed by atoms with Gasteiger partial charge in [0.25, 0.3) is 0 Å². The van der Waals surface area contributed by atoms with Crippen LogP contribution in [0.1, 0.15) is 0 Å². The van der Waals surface area contributed by atoms with Gasteiger partial charge in [0.1, 0.15) is 0 Å². The summed E-state index contributed by atoms with van der Waals surface area (Å²) in [7, 11) is -1.73. The molecule has 11 heavy (non-hydrogen) atoms. The maximum absolute atomic E-state index is 10.8. The maximum Gasteiger partial charge on any atom is 0.466 e. The molecule has 1 aliphatic heterocycles. The number of hydrogen-bond acceptors (Lipinski definition) is 4. The van der Waals surface area contributed by atoms with Crippen molar-refractivity contribution in [1.82, 2.24) is 10.6 Å². The standard InChI is InChI=1S/C4H7BN2O4/c8-3-2(5(10)11)1-6-4(9)7-3/h2,10-11H,1H2,(H2,6,7,8,9)/t2-/m1/s1. The zero-order chi connectivity index (χ0) is 8.43. The predicted octanol–water partition coefficient (Wildman–Crippen LogP) is -2.33. The molecule has 3 amide bonds. The summed E-state index contributed by atoms with van der Waals surface area (Å²) in [5.74, 6) is -1.63. The topological polar surface area (TPSA) is 98.7 Å². The van der Waals surface area contributed by atoms with Crippen molar-refractivity contribution in [3.63, 3.8) is 0 Å². The lowest BCUT2D eigenvalue weighted by atomic mass is 9.71. The summed E-state index contributed by atoms with van der Waals surface area (Å²) in [6.07, 6.45) is 0. The third-order valence-electron chi connectivity index (χ3n) is 1.42. The Labute approximate surface area is 62.7 Å². The molecular weight excluding hydrogens is 151 g/mol. The van der Waals surface area contributed by atoms with Gasteiger partial charge in [-0.25, -0.2) is 4.79 Å². The highest BCUT2D eigenvalue weighted by Gasteiger charge is 2.35. The Morgan fingerprint density at radius 3 is 2.55 bits per heavy atom. The van der Waals surface area contributed by atoms with Gasteiger partial charge in [-0.3, -0.25) is 10.1 Å². The maximum atomic E-state index is 10.8. The second-order valence-corrected chi connectivity index (χ2v) is 2.22. The molecule has 1 aliphatic rings. The van der Waals surface area contributed by atoms with E-state index in [2.05, 4.69) is 5.32 Å². The minimum Gasteiger partial charge on any atom is -0.427 e. The highest BCUT2D eigenvalue weighted by Crippen LogP contribution is 2.07. The summed E-state index contributed by atoms with van der Waals surface area (Å²) < 4.78 is 0.